The average molecular weight is 380 g/mol. The number of benzene rings is 2. The summed E-state index contributed by atoms with van der Waals surface area (Å²) in [6, 6.07) is 9.99. The molecule has 140 valence electrons. The molecule has 0 unspecified atom stereocenters. The minimum absolute atomic E-state index is 0.203. The van der Waals surface area contributed by atoms with Crippen LogP contribution in [0.5, 0.6) is 5.75 Å². The number of amides is 1. The quantitative estimate of drug-likeness (QED) is 0.836. The van der Waals surface area contributed by atoms with Crippen molar-refractivity contribution in [3.63, 3.8) is 0 Å². The zero-order chi connectivity index (χ0) is 19.5. The minimum atomic E-state index is -3.46. The van der Waals surface area contributed by atoms with Crippen molar-refractivity contribution in [2.75, 3.05) is 24.7 Å². The largest absolute Gasteiger partial charge is 0.496 e. The van der Waals surface area contributed by atoms with Crippen LogP contribution in [0.2, 0.25) is 0 Å². The Labute approximate surface area is 152 Å². The first-order valence-corrected chi connectivity index (χ1v) is 9.66. The second-order valence-electron chi connectivity index (χ2n) is 5.86. The van der Waals surface area contributed by atoms with E-state index in [1.165, 1.54) is 38.4 Å². The standard InChI is InChI=1S/C18H21FN2O4S/c1-12(13-5-7-14(19)8-6-13)20-18(22)16-11-15(9-10-17(16)25-3)21(2)26(4,23)24/h5-12H,1-4H3,(H,20,22)/t12-/m0/s1. The van der Waals surface area contributed by atoms with Crippen LogP contribution in [0.25, 0.3) is 0 Å². The summed E-state index contributed by atoms with van der Waals surface area (Å²) in [5.74, 6) is -0.465. The summed E-state index contributed by atoms with van der Waals surface area (Å²) in [7, 11) is -0.634. The number of carbonyl (C=O) groups excluding carboxylic acids is 1. The van der Waals surface area contributed by atoms with Gasteiger partial charge in [-0.05, 0) is 42.8 Å². The molecule has 1 N–H and O–H groups in total. The molecule has 0 aliphatic carbocycles. The van der Waals surface area contributed by atoms with Gasteiger partial charge < -0.3 is 10.1 Å². The molecule has 0 bridgehead atoms. The smallest absolute Gasteiger partial charge is 0.255 e. The van der Waals surface area contributed by atoms with Crippen molar-refractivity contribution in [2.45, 2.75) is 13.0 Å². The van der Waals surface area contributed by atoms with E-state index in [9.17, 15) is 17.6 Å². The van der Waals surface area contributed by atoms with Crippen molar-refractivity contribution in [3.8, 4) is 5.75 Å². The molecule has 0 aliphatic heterocycles. The highest BCUT2D eigenvalue weighted by Crippen LogP contribution is 2.26. The molecular formula is C18H21FN2O4S. The first kappa shape index (κ1) is 19.7. The van der Waals surface area contributed by atoms with Gasteiger partial charge in [-0.15, -0.1) is 0 Å². The zero-order valence-corrected chi connectivity index (χ0v) is 15.8. The van der Waals surface area contributed by atoms with Gasteiger partial charge >= 0.3 is 0 Å². The number of ether oxygens (including phenoxy) is 1. The minimum Gasteiger partial charge on any atom is -0.496 e. The van der Waals surface area contributed by atoms with Crippen LogP contribution in [0.15, 0.2) is 42.5 Å². The number of sulfonamides is 1. The SMILES string of the molecule is COc1ccc(N(C)S(C)(=O)=O)cc1C(=O)N[C@@H](C)c1ccc(F)cc1. The summed E-state index contributed by atoms with van der Waals surface area (Å²) in [6.45, 7) is 1.77. The van der Waals surface area contributed by atoms with E-state index in [1.54, 1.807) is 25.1 Å². The van der Waals surface area contributed by atoms with Crippen LogP contribution in [0.1, 0.15) is 28.9 Å². The lowest BCUT2D eigenvalue weighted by molar-refractivity contribution is 0.0937. The fourth-order valence-corrected chi connectivity index (χ4v) is 2.87. The molecule has 0 aliphatic rings. The summed E-state index contributed by atoms with van der Waals surface area (Å²) in [5, 5.41) is 2.80. The predicted octanol–water partition coefficient (Wildman–Crippen LogP) is 2.72. The van der Waals surface area contributed by atoms with Gasteiger partial charge in [0.2, 0.25) is 10.0 Å². The van der Waals surface area contributed by atoms with E-state index in [4.69, 9.17) is 4.74 Å². The van der Waals surface area contributed by atoms with Crippen molar-refractivity contribution in [1.29, 1.82) is 0 Å². The summed E-state index contributed by atoms with van der Waals surface area (Å²) in [4.78, 5) is 12.7. The lowest BCUT2D eigenvalue weighted by Crippen LogP contribution is -2.28. The molecule has 0 saturated carbocycles. The van der Waals surface area contributed by atoms with Crippen molar-refractivity contribution in [2.24, 2.45) is 0 Å². The Bertz CT molecular complexity index is 898. The molecule has 2 aromatic rings. The van der Waals surface area contributed by atoms with E-state index in [0.29, 0.717) is 11.4 Å². The Morgan fingerprint density at radius 3 is 2.35 bits per heavy atom. The van der Waals surface area contributed by atoms with E-state index in [-0.39, 0.29) is 17.4 Å². The van der Waals surface area contributed by atoms with Crippen LogP contribution in [0.3, 0.4) is 0 Å². The highest BCUT2D eigenvalue weighted by Gasteiger charge is 2.19. The van der Waals surface area contributed by atoms with E-state index >= 15 is 0 Å². The van der Waals surface area contributed by atoms with E-state index in [0.717, 1.165) is 16.1 Å². The number of nitrogens with zero attached hydrogens (tertiary/aromatic N) is 1. The molecule has 26 heavy (non-hydrogen) atoms. The van der Waals surface area contributed by atoms with Crippen LogP contribution in [-0.4, -0.2) is 34.7 Å². The van der Waals surface area contributed by atoms with E-state index < -0.39 is 15.9 Å². The molecule has 0 radical (unpaired) electrons. The molecule has 1 amide bonds. The Balaban J connectivity index is 2.30. The van der Waals surface area contributed by atoms with Crippen LogP contribution < -0.4 is 14.4 Å². The van der Waals surface area contributed by atoms with Gasteiger partial charge in [-0.25, -0.2) is 12.8 Å². The maximum Gasteiger partial charge on any atom is 0.255 e. The molecule has 2 aromatic carbocycles. The molecule has 0 saturated heterocycles. The Morgan fingerprint density at radius 2 is 1.81 bits per heavy atom. The number of halogens is 1. The van der Waals surface area contributed by atoms with Crippen LogP contribution in [0, 0.1) is 5.82 Å². The third kappa shape index (κ3) is 4.51. The lowest BCUT2D eigenvalue weighted by Gasteiger charge is -2.20. The van der Waals surface area contributed by atoms with E-state index in [2.05, 4.69) is 5.32 Å². The summed E-state index contributed by atoms with van der Waals surface area (Å²) < 4.78 is 42.8. The lowest BCUT2D eigenvalue weighted by atomic mass is 10.1. The van der Waals surface area contributed by atoms with Gasteiger partial charge in [0, 0.05) is 7.05 Å². The van der Waals surface area contributed by atoms with Gasteiger partial charge in [0.15, 0.2) is 0 Å². The number of methoxy groups -OCH3 is 1. The van der Waals surface area contributed by atoms with Gasteiger partial charge in [-0.2, -0.15) is 0 Å². The Kier molecular flexibility index (Phi) is 5.86. The Hall–Kier alpha value is -2.61. The number of nitrogens with one attached hydrogen (secondary N) is 1. The molecule has 2 rings (SSSR count). The predicted molar refractivity (Wildman–Crippen MR) is 98.5 cm³/mol. The maximum absolute atomic E-state index is 13.0. The van der Waals surface area contributed by atoms with Crippen molar-refractivity contribution < 1.29 is 22.3 Å². The fourth-order valence-electron chi connectivity index (χ4n) is 2.37. The molecule has 6 nitrogen and oxygen atoms in total. The number of hydrogen-bond donors (Lipinski definition) is 1. The molecular weight excluding hydrogens is 359 g/mol. The first-order chi connectivity index (χ1) is 12.1. The maximum atomic E-state index is 13.0. The van der Waals surface area contributed by atoms with Gasteiger partial charge in [0.1, 0.15) is 11.6 Å². The topological polar surface area (TPSA) is 75.7 Å². The third-order valence-corrected chi connectivity index (χ3v) is 5.21. The first-order valence-electron chi connectivity index (χ1n) is 7.81. The molecule has 0 fully saturated rings. The third-order valence-electron chi connectivity index (χ3n) is 4.01. The number of carbonyl (C=O) groups is 1. The van der Waals surface area contributed by atoms with Crippen LogP contribution in [-0.2, 0) is 10.0 Å². The monoisotopic (exact) mass is 380 g/mol. The second-order valence-corrected chi connectivity index (χ2v) is 7.88. The molecule has 8 heteroatoms. The van der Waals surface area contributed by atoms with Gasteiger partial charge in [0.25, 0.3) is 5.91 Å². The van der Waals surface area contributed by atoms with Crippen LogP contribution in [0.4, 0.5) is 10.1 Å². The van der Waals surface area contributed by atoms with Crippen molar-refractivity contribution in [1.82, 2.24) is 5.32 Å². The van der Waals surface area contributed by atoms with Gasteiger partial charge in [0.05, 0.1) is 30.7 Å². The summed E-state index contributed by atoms with van der Waals surface area (Å²) in [6.07, 6.45) is 1.08. The molecule has 0 spiro atoms. The summed E-state index contributed by atoms with van der Waals surface area (Å²) in [5.41, 5.74) is 1.28. The van der Waals surface area contributed by atoms with Crippen LogP contribution >= 0.6 is 0 Å². The highest BCUT2D eigenvalue weighted by molar-refractivity contribution is 7.92. The number of anilines is 1. The average Bonchev–Trinajstić information content (AvgIpc) is 2.60. The summed E-state index contributed by atoms with van der Waals surface area (Å²) >= 11 is 0. The van der Waals surface area contributed by atoms with Crippen molar-refractivity contribution in [3.05, 3.63) is 59.4 Å². The number of rotatable bonds is 6. The van der Waals surface area contributed by atoms with E-state index in [1.807, 2.05) is 0 Å². The Morgan fingerprint density at radius 1 is 1.19 bits per heavy atom. The highest BCUT2D eigenvalue weighted by atomic mass is 32.2. The van der Waals surface area contributed by atoms with Crippen molar-refractivity contribution >= 4 is 21.6 Å². The molecule has 0 aromatic heterocycles. The molecule has 1 atom stereocenters. The normalized spacial score (nSPS) is 12.3. The van der Waals surface area contributed by atoms with Gasteiger partial charge in [-0.3, -0.25) is 9.10 Å². The second kappa shape index (κ2) is 7.74. The number of hydrogen-bond acceptors (Lipinski definition) is 4. The molecule has 0 heterocycles. The zero-order valence-electron chi connectivity index (χ0n) is 15.0. The fraction of sp³-hybridized carbons (Fsp3) is 0.278. The van der Waals surface area contributed by atoms with Gasteiger partial charge in [-0.1, -0.05) is 12.1 Å².